The van der Waals surface area contributed by atoms with E-state index >= 15 is 0 Å². The van der Waals surface area contributed by atoms with Gasteiger partial charge in [-0.05, 0) is 18.2 Å². The lowest BCUT2D eigenvalue weighted by molar-refractivity contribution is 0.482. The lowest BCUT2D eigenvalue weighted by Gasteiger charge is -2.10. The van der Waals surface area contributed by atoms with Crippen molar-refractivity contribution in [2.75, 3.05) is 11.1 Å². The Kier molecular flexibility index (Phi) is 3.94. The summed E-state index contributed by atoms with van der Waals surface area (Å²) in [7, 11) is -4.55. The second-order valence-electron chi connectivity index (χ2n) is 3.80. The minimum Gasteiger partial charge on any atom is -0.398 e. The van der Waals surface area contributed by atoms with Crippen LogP contribution in [-0.2, 0) is 10.1 Å². The van der Waals surface area contributed by atoms with Crippen molar-refractivity contribution in [3.05, 3.63) is 35.2 Å². The van der Waals surface area contributed by atoms with Gasteiger partial charge in [0.2, 0.25) is 5.95 Å². The van der Waals surface area contributed by atoms with Crippen molar-refractivity contribution >= 4 is 38.9 Å². The van der Waals surface area contributed by atoms with Crippen LogP contribution < -0.4 is 11.1 Å². The quantitative estimate of drug-likeness (QED) is 0.339. The fraction of sp³-hybridized carbons (Fsp3) is 0. The number of nitrogen functional groups attached to an aromatic ring is 1. The fourth-order valence-corrected chi connectivity index (χ4v) is 2.22. The number of benzene rings is 1. The fourth-order valence-electron chi connectivity index (χ4n) is 1.45. The number of hydrogen-bond donors (Lipinski definition) is 3. The highest BCUT2D eigenvalue weighted by Gasteiger charge is 2.17. The van der Waals surface area contributed by atoms with Gasteiger partial charge in [0.1, 0.15) is 9.92 Å². The number of hydrogen-bond acceptors (Lipinski definition) is 6. The van der Waals surface area contributed by atoms with E-state index in [0.717, 1.165) is 6.07 Å². The van der Waals surface area contributed by atoms with Crippen LogP contribution in [0, 0.1) is 12.0 Å². The molecule has 2 aromatic rings. The van der Waals surface area contributed by atoms with Crippen molar-refractivity contribution in [1.82, 2.24) is 9.97 Å². The zero-order chi connectivity index (χ0) is 15.8. The second-order valence-corrected chi connectivity index (χ2v) is 5.57. The van der Waals surface area contributed by atoms with E-state index in [1.165, 1.54) is 12.1 Å². The molecule has 0 aliphatic rings. The molecule has 0 spiro atoms. The van der Waals surface area contributed by atoms with Crippen LogP contribution in [-0.4, -0.2) is 22.9 Å². The third-order valence-corrected chi connectivity index (χ3v) is 3.58. The topological polar surface area (TPSA) is 118 Å². The molecule has 112 valence electrons. The Hall–Kier alpha value is -2.04. The normalized spacial score (nSPS) is 11.4. The first-order chi connectivity index (χ1) is 9.68. The molecule has 0 bridgehead atoms. The van der Waals surface area contributed by atoms with Crippen LogP contribution in [0.15, 0.2) is 23.1 Å². The Morgan fingerprint density at radius 1 is 1.29 bits per heavy atom. The Labute approximate surface area is 122 Å². The summed E-state index contributed by atoms with van der Waals surface area (Å²) in [5, 5.41) is 1.82. The number of nitrogens with zero attached hydrogens (tertiary/aromatic N) is 2. The highest BCUT2D eigenvalue weighted by molar-refractivity contribution is 7.86. The highest BCUT2D eigenvalue weighted by Crippen LogP contribution is 2.28. The number of aromatic nitrogens is 2. The van der Waals surface area contributed by atoms with Gasteiger partial charge < -0.3 is 11.1 Å². The van der Waals surface area contributed by atoms with Crippen LogP contribution in [0.3, 0.4) is 0 Å². The molecule has 4 N–H and O–H groups in total. The summed E-state index contributed by atoms with van der Waals surface area (Å²) in [4.78, 5) is 5.44. The van der Waals surface area contributed by atoms with Crippen molar-refractivity contribution in [2.45, 2.75) is 4.90 Å². The van der Waals surface area contributed by atoms with Crippen LogP contribution in [0.2, 0.25) is 5.02 Å². The van der Waals surface area contributed by atoms with Gasteiger partial charge >= 0.3 is 6.08 Å². The second kappa shape index (κ2) is 5.39. The van der Waals surface area contributed by atoms with Gasteiger partial charge in [0, 0.05) is 5.69 Å². The smallest absolute Gasteiger partial charge is 0.313 e. The molecule has 1 aromatic heterocycles. The lowest BCUT2D eigenvalue weighted by Crippen LogP contribution is -2.06. The van der Waals surface area contributed by atoms with Gasteiger partial charge in [-0.3, -0.25) is 4.55 Å². The minimum absolute atomic E-state index is 0.0382. The van der Waals surface area contributed by atoms with Crippen LogP contribution in [0.5, 0.6) is 0 Å². The maximum atomic E-state index is 13.2. The first-order valence-corrected chi connectivity index (χ1v) is 7.03. The number of nitrogens with one attached hydrogen (secondary N) is 1. The summed E-state index contributed by atoms with van der Waals surface area (Å²) in [6, 6.07) is 3.43. The van der Waals surface area contributed by atoms with Gasteiger partial charge in [-0.15, -0.1) is 0 Å². The van der Waals surface area contributed by atoms with Gasteiger partial charge in [0.05, 0.1) is 5.69 Å². The summed E-state index contributed by atoms with van der Waals surface area (Å²) in [5.41, 5.74) is 5.25. The molecule has 0 unspecified atom stereocenters. The van der Waals surface area contributed by atoms with E-state index in [1.54, 1.807) is 0 Å². The molecule has 0 saturated carbocycles. The first kappa shape index (κ1) is 15.4. The molecule has 1 heterocycles. The Balaban J connectivity index is 2.46. The molecule has 1 aromatic carbocycles. The Morgan fingerprint density at radius 2 is 1.95 bits per heavy atom. The zero-order valence-electron chi connectivity index (χ0n) is 10.0. The van der Waals surface area contributed by atoms with Crippen LogP contribution in [0.1, 0.15) is 0 Å². The average Bonchev–Trinajstić information content (AvgIpc) is 2.36. The van der Waals surface area contributed by atoms with Gasteiger partial charge in [-0.1, -0.05) is 11.6 Å². The molecule has 0 aliphatic carbocycles. The van der Waals surface area contributed by atoms with Gasteiger partial charge in [-0.2, -0.15) is 27.2 Å². The van der Waals surface area contributed by atoms with E-state index in [2.05, 4.69) is 15.3 Å². The first-order valence-electron chi connectivity index (χ1n) is 5.21. The molecule has 0 radical (unpaired) electrons. The summed E-state index contributed by atoms with van der Waals surface area (Å²) in [5.74, 6) is -1.69. The predicted octanol–water partition coefficient (Wildman–Crippen LogP) is 1.98. The van der Waals surface area contributed by atoms with Crippen LogP contribution >= 0.6 is 11.6 Å². The molecule has 0 saturated heterocycles. The van der Waals surface area contributed by atoms with Crippen molar-refractivity contribution in [1.29, 1.82) is 0 Å². The van der Waals surface area contributed by atoms with Gasteiger partial charge in [0.25, 0.3) is 10.1 Å². The number of anilines is 3. The van der Waals surface area contributed by atoms with E-state index in [0.29, 0.717) is 0 Å². The molecule has 11 heteroatoms. The summed E-state index contributed by atoms with van der Waals surface area (Å²) in [6.45, 7) is 0. The largest absolute Gasteiger partial charge is 0.398 e. The molecular formula is C10H7ClF2N4O3S. The summed E-state index contributed by atoms with van der Waals surface area (Å²) < 4.78 is 57.3. The SMILES string of the molecule is Nc1ccc(Nc2nc(F)nc(F)c2Cl)cc1S(=O)(=O)O. The number of nitrogens with two attached hydrogens (primary N) is 1. The molecular weight excluding hydrogens is 330 g/mol. The standard InChI is InChI=1S/C10H7ClF2N4O3S/c11-7-8(12)16-10(13)17-9(7)15-4-1-2-5(14)6(3-4)21(18,19)20/h1-3H,14H2,(H,15,16,17)(H,18,19,20). The number of rotatable bonds is 3. The van der Waals surface area contributed by atoms with E-state index < -0.39 is 37.9 Å². The molecule has 0 fully saturated rings. The van der Waals surface area contributed by atoms with E-state index in [4.69, 9.17) is 21.9 Å². The highest BCUT2D eigenvalue weighted by atomic mass is 35.5. The third kappa shape index (κ3) is 3.35. The summed E-state index contributed by atoms with van der Waals surface area (Å²) in [6.07, 6.45) is -1.36. The molecule has 0 amide bonds. The van der Waals surface area contributed by atoms with E-state index in [1.807, 2.05) is 0 Å². The maximum absolute atomic E-state index is 13.2. The van der Waals surface area contributed by atoms with E-state index in [-0.39, 0.29) is 11.4 Å². The van der Waals surface area contributed by atoms with Crippen LogP contribution in [0.4, 0.5) is 26.0 Å². The minimum atomic E-state index is -4.55. The van der Waals surface area contributed by atoms with Crippen molar-refractivity contribution in [3.8, 4) is 0 Å². The average molecular weight is 337 g/mol. The van der Waals surface area contributed by atoms with Crippen molar-refractivity contribution < 1.29 is 21.8 Å². The Morgan fingerprint density at radius 3 is 2.57 bits per heavy atom. The molecule has 7 nitrogen and oxygen atoms in total. The van der Waals surface area contributed by atoms with Gasteiger partial charge in [0.15, 0.2) is 5.82 Å². The van der Waals surface area contributed by atoms with E-state index in [9.17, 15) is 17.2 Å². The maximum Gasteiger partial charge on any atom is 0.313 e. The lowest BCUT2D eigenvalue weighted by atomic mass is 10.3. The summed E-state index contributed by atoms with van der Waals surface area (Å²) >= 11 is 5.55. The molecule has 21 heavy (non-hydrogen) atoms. The molecule has 0 atom stereocenters. The number of halogens is 3. The molecule has 2 rings (SSSR count). The predicted molar refractivity (Wildman–Crippen MR) is 70.9 cm³/mol. The zero-order valence-corrected chi connectivity index (χ0v) is 11.6. The third-order valence-electron chi connectivity index (χ3n) is 2.34. The monoisotopic (exact) mass is 336 g/mol. The van der Waals surface area contributed by atoms with Gasteiger partial charge in [-0.25, -0.2) is 0 Å². The molecule has 0 aliphatic heterocycles. The van der Waals surface area contributed by atoms with Crippen LogP contribution in [0.25, 0.3) is 0 Å². The Bertz CT molecular complexity index is 816. The van der Waals surface area contributed by atoms with Crippen molar-refractivity contribution in [3.63, 3.8) is 0 Å². The van der Waals surface area contributed by atoms with Crippen molar-refractivity contribution in [2.24, 2.45) is 0 Å².